The van der Waals surface area contributed by atoms with Gasteiger partial charge in [0.15, 0.2) is 0 Å². The summed E-state index contributed by atoms with van der Waals surface area (Å²) in [6.07, 6.45) is 5.72. The third-order valence-electron chi connectivity index (χ3n) is 5.20. The molecule has 0 amide bonds. The molecule has 1 fully saturated rings. The van der Waals surface area contributed by atoms with Crippen LogP contribution in [-0.2, 0) is 6.42 Å². The highest BCUT2D eigenvalue weighted by Crippen LogP contribution is 2.47. The smallest absolute Gasteiger partial charge is 0.125 e. The van der Waals surface area contributed by atoms with E-state index >= 15 is 0 Å². The highest BCUT2D eigenvalue weighted by Gasteiger charge is 2.45. The Morgan fingerprint density at radius 2 is 2.10 bits per heavy atom. The average Bonchev–Trinajstić information content (AvgIpc) is 2.80. The van der Waals surface area contributed by atoms with Gasteiger partial charge in [-0.15, -0.1) is 0 Å². The second-order valence-corrected chi connectivity index (χ2v) is 7.30. The van der Waals surface area contributed by atoms with Crippen molar-refractivity contribution in [3.8, 4) is 0 Å². The molecule has 1 heterocycles. The Labute approximate surface area is 121 Å². The molecule has 3 heteroatoms. The molecule has 0 radical (unpaired) electrons. The van der Waals surface area contributed by atoms with E-state index in [1.54, 1.807) is 12.1 Å². The van der Waals surface area contributed by atoms with E-state index in [0.717, 1.165) is 31.5 Å². The number of hydrogen-bond donors (Lipinski definition) is 1. The number of benzene rings is 1. The Kier molecular flexibility index (Phi) is 3.28. The molecule has 1 atom stereocenters. The van der Waals surface area contributed by atoms with Crippen LogP contribution in [0.2, 0.25) is 0 Å². The van der Waals surface area contributed by atoms with Gasteiger partial charge in [0.1, 0.15) is 5.82 Å². The van der Waals surface area contributed by atoms with Crippen LogP contribution in [0.15, 0.2) is 18.2 Å². The van der Waals surface area contributed by atoms with E-state index in [4.69, 9.17) is 5.73 Å². The zero-order chi connectivity index (χ0) is 14.4. The summed E-state index contributed by atoms with van der Waals surface area (Å²) in [6.45, 7) is 6.30. The van der Waals surface area contributed by atoms with Gasteiger partial charge in [-0.05, 0) is 48.8 Å². The third kappa shape index (κ3) is 2.22. The first-order valence-electron chi connectivity index (χ1n) is 7.72. The zero-order valence-electron chi connectivity index (χ0n) is 12.6. The van der Waals surface area contributed by atoms with Crippen LogP contribution in [0.3, 0.4) is 0 Å². The summed E-state index contributed by atoms with van der Waals surface area (Å²) < 4.78 is 13.6. The van der Waals surface area contributed by atoms with Crippen LogP contribution in [0, 0.1) is 11.2 Å². The molecule has 1 unspecified atom stereocenters. The lowest BCUT2D eigenvalue weighted by atomic mass is 9.67. The first-order valence-corrected chi connectivity index (χ1v) is 7.72. The van der Waals surface area contributed by atoms with E-state index < -0.39 is 0 Å². The van der Waals surface area contributed by atoms with Crippen molar-refractivity contribution in [2.75, 3.05) is 18.0 Å². The quantitative estimate of drug-likeness (QED) is 0.896. The number of nitrogens with two attached hydrogens (primary N) is 1. The second kappa shape index (κ2) is 4.73. The molecule has 1 aromatic carbocycles. The Morgan fingerprint density at radius 1 is 1.30 bits per heavy atom. The van der Waals surface area contributed by atoms with Gasteiger partial charge in [-0.2, -0.15) is 0 Å². The van der Waals surface area contributed by atoms with Crippen LogP contribution >= 0.6 is 0 Å². The van der Waals surface area contributed by atoms with Gasteiger partial charge in [0, 0.05) is 18.8 Å². The molecule has 0 aromatic heterocycles. The number of hydrogen-bond acceptors (Lipinski definition) is 2. The predicted octanol–water partition coefficient (Wildman–Crippen LogP) is 3.49. The van der Waals surface area contributed by atoms with Gasteiger partial charge >= 0.3 is 0 Å². The summed E-state index contributed by atoms with van der Waals surface area (Å²) in [4.78, 5) is 2.41. The number of rotatable bonds is 2. The minimum atomic E-state index is -0.141. The van der Waals surface area contributed by atoms with E-state index in [0.29, 0.717) is 12.0 Å². The molecular formula is C17H25FN2. The third-order valence-corrected chi connectivity index (χ3v) is 5.20. The number of nitrogens with zero attached hydrogens (tertiary/aromatic N) is 1. The summed E-state index contributed by atoms with van der Waals surface area (Å²) in [5.74, 6) is -0.141. The molecule has 1 aromatic rings. The van der Waals surface area contributed by atoms with Crippen molar-refractivity contribution >= 4 is 5.69 Å². The highest BCUT2D eigenvalue weighted by molar-refractivity contribution is 5.60. The van der Waals surface area contributed by atoms with Crippen molar-refractivity contribution in [1.82, 2.24) is 0 Å². The molecule has 20 heavy (non-hydrogen) atoms. The van der Waals surface area contributed by atoms with E-state index in [1.807, 2.05) is 6.07 Å². The van der Waals surface area contributed by atoms with E-state index in [1.165, 1.54) is 18.4 Å². The Morgan fingerprint density at radius 3 is 2.80 bits per heavy atom. The molecule has 3 rings (SSSR count). The van der Waals surface area contributed by atoms with Crippen molar-refractivity contribution in [2.24, 2.45) is 11.1 Å². The molecule has 1 saturated carbocycles. The highest BCUT2D eigenvalue weighted by atomic mass is 19.1. The van der Waals surface area contributed by atoms with Crippen molar-refractivity contribution < 1.29 is 4.39 Å². The summed E-state index contributed by atoms with van der Waals surface area (Å²) in [5, 5.41) is 0. The number of fused-ring (bicyclic) bond motifs is 1. The van der Waals surface area contributed by atoms with E-state index in [2.05, 4.69) is 18.7 Å². The Hall–Kier alpha value is -1.09. The monoisotopic (exact) mass is 276 g/mol. The number of halogens is 1. The fourth-order valence-corrected chi connectivity index (χ4v) is 4.32. The standard InChI is InChI=1S/C17H25FN2/c1-16(2)7-3-8-17(11-16,12-19)20-9-6-13-4-5-14(18)10-15(13)20/h4-5,10H,3,6-9,11-12,19H2,1-2H3. The molecule has 0 spiro atoms. The maximum absolute atomic E-state index is 13.6. The summed E-state index contributed by atoms with van der Waals surface area (Å²) in [6, 6.07) is 5.20. The Bertz CT molecular complexity index is 512. The Balaban J connectivity index is 1.98. The molecular weight excluding hydrogens is 251 g/mol. The van der Waals surface area contributed by atoms with Crippen molar-refractivity contribution in [1.29, 1.82) is 0 Å². The largest absolute Gasteiger partial charge is 0.364 e. The summed E-state index contributed by atoms with van der Waals surface area (Å²) in [7, 11) is 0. The summed E-state index contributed by atoms with van der Waals surface area (Å²) >= 11 is 0. The molecule has 110 valence electrons. The average molecular weight is 276 g/mol. The van der Waals surface area contributed by atoms with Gasteiger partial charge in [0.25, 0.3) is 0 Å². The molecule has 2 nitrogen and oxygen atoms in total. The van der Waals surface area contributed by atoms with Crippen LogP contribution in [0.5, 0.6) is 0 Å². The minimum absolute atomic E-state index is 0.0147. The predicted molar refractivity (Wildman–Crippen MR) is 81.5 cm³/mol. The fourth-order valence-electron chi connectivity index (χ4n) is 4.32. The van der Waals surface area contributed by atoms with Gasteiger partial charge in [0.05, 0.1) is 5.54 Å². The van der Waals surface area contributed by atoms with Gasteiger partial charge < -0.3 is 10.6 Å². The number of anilines is 1. The van der Waals surface area contributed by atoms with Crippen LogP contribution in [0.25, 0.3) is 0 Å². The molecule has 0 saturated heterocycles. The molecule has 2 aliphatic rings. The molecule has 1 aliphatic heterocycles. The normalized spacial score (nSPS) is 28.5. The lowest BCUT2D eigenvalue weighted by molar-refractivity contribution is 0.149. The SMILES string of the molecule is CC1(C)CCCC(CN)(N2CCc3ccc(F)cc32)C1. The molecule has 0 bridgehead atoms. The van der Waals surface area contributed by atoms with E-state index in [-0.39, 0.29) is 11.4 Å². The lowest BCUT2D eigenvalue weighted by Crippen LogP contribution is -2.57. The lowest BCUT2D eigenvalue weighted by Gasteiger charge is -2.51. The fraction of sp³-hybridized carbons (Fsp3) is 0.647. The molecule has 1 aliphatic carbocycles. The van der Waals surface area contributed by atoms with Crippen LogP contribution < -0.4 is 10.6 Å². The molecule has 2 N–H and O–H groups in total. The first-order chi connectivity index (χ1) is 9.46. The maximum atomic E-state index is 13.6. The van der Waals surface area contributed by atoms with Gasteiger partial charge in [-0.25, -0.2) is 4.39 Å². The van der Waals surface area contributed by atoms with Crippen molar-refractivity contribution in [2.45, 2.75) is 51.5 Å². The maximum Gasteiger partial charge on any atom is 0.125 e. The first kappa shape index (κ1) is 13.9. The van der Waals surface area contributed by atoms with Gasteiger partial charge in [-0.1, -0.05) is 26.3 Å². The van der Waals surface area contributed by atoms with E-state index in [9.17, 15) is 4.39 Å². The van der Waals surface area contributed by atoms with Crippen LogP contribution in [-0.4, -0.2) is 18.6 Å². The topological polar surface area (TPSA) is 29.3 Å². The zero-order valence-corrected chi connectivity index (χ0v) is 12.6. The van der Waals surface area contributed by atoms with Crippen LogP contribution in [0.4, 0.5) is 10.1 Å². The van der Waals surface area contributed by atoms with Crippen LogP contribution in [0.1, 0.15) is 45.1 Å². The second-order valence-electron chi connectivity index (χ2n) is 7.30. The van der Waals surface area contributed by atoms with Crippen molar-refractivity contribution in [3.63, 3.8) is 0 Å². The summed E-state index contributed by atoms with van der Waals surface area (Å²) in [5.41, 5.74) is 8.88. The minimum Gasteiger partial charge on any atom is -0.364 e. The van der Waals surface area contributed by atoms with Gasteiger partial charge in [-0.3, -0.25) is 0 Å². The van der Waals surface area contributed by atoms with Gasteiger partial charge in [0.2, 0.25) is 0 Å². The van der Waals surface area contributed by atoms with Crippen molar-refractivity contribution in [3.05, 3.63) is 29.6 Å².